The summed E-state index contributed by atoms with van der Waals surface area (Å²) in [6, 6.07) is 12.8. The lowest BCUT2D eigenvalue weighted by atomic mass is 10.1. The van der Waals surface area contributed by atoms with E-state index < -0.39 is 12.1 Å². The van der Waals surface area contributed by atoms with Gasteiger partial charge in [-0.3, -0.25) is 4.79 Å². The fourth-order valence-electron chi connectivity index (χ4n) is 2.21. The zero-order chi connectivity index (χ0) is 18.4. The van der Waals surface area contributed by atoms with Gasteiger partial charge in [-0.2, -0.15) is 0 Å². The highest BCUT2D eigenvalue weighted by Gasteiger charge is 2.18. The number of halogens is 1. The number of nitrogens with one attached hydrogen (secondary N) is 1. The second kappa shape index (κ2) is 8.67. The molecule has 0 aliphatic rings. The van der Waals surface area contributed by atoms with E-state index in [1.807, 2.05) is 44.2 Å². The molecule has 0 fully saturated rings. The Morgan fingerprint density at radius 1 is 1.08 bits per heavy atom. The van der Waals surface area contributed by atoms with E-state index in [2.05, 4.69) is 21.2 Å². The maximum atomic E-state index is 12.0. The number of carbonyl (C=O) groups excluding carboxylic acids is 2. The predicted molar refractivity (Wildman–Crippen MR) is 99.7 cm³/mol. The van der Waals surface area contributed by atoms with E-state index in [-0.39, 0.29) is 12.5 Å². The maximum Gasteiger partial charge on any atom is 0.347 e. The van der Waals surface area contributed by atoms with Crippen molar-refractivity contribution in [3.63, 3.8) is 0 Å². The van der Waals surface area contributed by atoms with Crippen LogP contribution in [0.25, 0.3) is 0 Å². The summed E-state index contributed by atoms with van der Waals surface area (Å²) in [5.74, 6) is -0.436. The van der Waals surface area contributed by atoms with E-state index in [9.17, 15) is 9.59 Å². The zero-order valence-corrected chi connectivity index (χ0v) is 15.9. The Morgan fingerprint density at radius 3 is 2.28 bits per heavy atom. The predicted octanol–water partition coefficient (Wildman–Crippen LogP) is 4.02. The molecule has 0 saturated heterocycles. The molecule has 0 aliphatic heterocycles. The number of hydrogen-bond acceptors (Lipinski definition) is 4. The van der Waals surface area contributed by atoms with Crippen LogP contribution in [0.4, 0.5) is 5.69 Å². The van der Waals surface area contributed by atoms with Gasteiger partial charge in [0.25, 0.3) is 5.91 Å². The number of amides is 1. The monoisotopic (exact) mass is 405 g/mol. The van der Waals surface area contributed by atoms with E-state index in [1.54, 1.807) is 19.1 Å². The van der Waals surface area contributed by atoms with Crippen molar-refractivity contribution in [2.45, 2.75) is 26.9 Å². The van der Waals surface area contributed by atoms with E-state index in [0.717, 1.165) is 21.3 Å². The molecule has 0 aromatic heterocycles. The Morgan fingerprint density at radius 2 is 1.68 bits per heavy atom. The van der Waals surface area contributed by atoms with Gasteiger partial charge in [-0.15, -0.1) is 0 Å². The second-order valence-corrected chi connectivity index (χ2v) is 6.55. The molecular formula is C19H20BrNO4. The molecule has 0 unspecified atom stereocenters. The van der Waals surface area contributed by atoms with Crippen molar-refractivity contribution in [1.29, 1.82) is 0 Å². The molecule has 6 heteroatoms. The lowest BCUT2D eigenvalue weighted by Crippen LogP contribution is -2.30. The Balaban J connectivity index is 1.84. The number of esters is 1. The number of rotatable bonds is 6. The summed E-state index contributed by atoms with van der Waals surface area (Å²) in [7, 11) is 0. The topological polar surface area (TPSA) is 64.6 Å². The van der Waals surface area contributed by atoms with Crippen molar-refractivity contribution in [2.75, 3.05) is 11.9 Å². The Bertz CT molecular complexity index is 738. The highest BCUT2D eigenvalue weighted by molar-refractivity contribution is 9.10. The maximum absolute atomic E-state index is 12.0. The summed E-state index contributed by atoms with van der Waals surface area (Å²) in [6.45, 7) is 5.03. The van der Waals surface area contributed by atoms with Crippen molar-refractivity contribution in [3.05, 3.63) is 58.1 Å². The summed E-state index contributed by atoms with van der Waals surface area (Å²) in [4.78, 5) is 24.0. The van der Waals surface area contributed by atoms with Crippen molar-refractivity contribution in [1.82, 2.24) is 0 Å². The second-order valence-electron chi connectivity index (χ2n) is 5.64. The normalized spacial score (nSPS) is 11.5. The van der Waals surface area contributed by atoms with Crippen LogP contribution in [-0.4, -0.2) is 24.6 Å². The minimum Gasteiger partial charge on any atom is -0.479 e. The minimum atomic E-state index is -0.811. The molecule has 5 nitrogen and oxygen atoms in total. The van der Waals surface area contributed by atoms with Gasteiger partial charge < -0.3 is 14.8 Å². The SMILES string of the molecule is Cc1cccc(C)c1NC(=O)COC(=O)[C@@H](C)Oc1ccc(Br)cc1. The molecule has 0 saturated carbocycles. The molecule has 2 aromatic rings. The van der Waals surface area contributed by atoms with Gasteiger partial charge in [0.2, 0.25) is 0 Å². The molecule has 0 spiro atoms. The first-order chi connectivity index (χ1) is 11.9. The zero-order valence-electron chi connectivity index (χ0n) is 14.3. The molecule has 132 valence electrons. The first kappa shape index (κ1) is 19.0. The van der Waals surface area contributed by atoms with Gasteiger partial charge in [0.1, 0.15) is 5.75 Å². The number of hydrogen-bond donors (Lipinski definition) is 1. The van der Waals surface area contributed by atoms with Gasteiger partial charge in [0.05, 0.1) is 0 Å². The molecule has 0 heterocycles. The van der Waals surface area contributed by atoms with Crippen molar-refractivity contribution in [3.8, 4) is 5.75 Å². The average Bonchev–Trinajstić information content (AvgIpc) is 2.58. The smallest absolute Gasteiger partial charge is 0.347 e. The summed E-state index contributed by atoms with van der Waals surface area (Å²) in [6.07, 6.45) is -0.811. The number of carbonyl (C=O) groups is 2. The van der Waals surface area contributed by atoms with Gasteiger partial charge in [-0.1, -0.05) is 34.1 Å². The third kappa shape index (κ3) is 5.60. The Labute approximate surface area is 155 Å². The van der Waals surface area contributed by atoms with Gasteiger partial charge in [-0.25, -0.2) is 4.79 Å². The number of para-hydroxylation sites is 1. The van der Waals surface area contributed by atoms with Crippen LogP contribution in [0.1, 0.15) is 18.1 Å². The quantitative estimate of drug-likeness (QED) is 0.737. The molecular weight excluding hydrogens is 386 g/mol. The lowest BCUT2D eigenvalue weighted by Gasteiger charge is -2.15. The highest BCUT2D eigenvalue weighted by Crippen LogP contribution is 2.19. The first-order valence-corrected chi connectivity index (χ1v) is 8.61. The van der Waals surface area contributed by atoms with E-state index in [4.69, 9.17) is 9.47 Å². The third-order valence-electron chi connectivity index (χ3n) is 3.55. The fraction of sp³-hybridized carbons (Fsp3) is 0.263. The number of anilines is 1. The molecule has 25 heavy (non-hydrogen) atoms. The molecule has 1 amide bonds. The average molecular weight is 406 g/mol. The Kier molecular flexibility index (Phi) is 6.58. The van der Waals surface area contributed by atoms with Crippen LogP contribution in [0.15, 0.2) is 46.9 Å². The van der Waals surface area contributed by atoms with Crippen LogP contribution in [0.5, 0.6) is 5.75 Å². The summed E-state index contributed by atoms with van der Waals surface area (Å²) in [5.41, 5.74) is 2.64. The van der Waals surface area contributed by atoms with E-state index >= 15 is 0 Å². The van der Waals surface area contributed by atoms with Gasteiger partial charge in [0.15, 0.2) is 12.7 Å². The van der Waals surface area contributed by atoms with Crippen LogP contribution in [-0.2, 0) is 14.3 Å². The molecule has 1 atom stereocenters. The molecule has 0 radical (unpaired) electrons. The Hall–Kier alpha value is -2.34. The van der Waals surface area contributed by atoms with Gasteiger partial charge in [0, 0.05) is 10.2 Å². The van der Waals surface area contributed by atoms with Crippen molar-refractivity contribution < 1.29 is 19.1 Å². The summed E-state index contributed by atoms with van der Waals surface area (Å²) >= 11 is 3.33. The van der Waals surface area contributed by atoms with Crippen LogP contribution >= 0.6 is 15.9 Å². The summed E-state index contributed by atoms with van der Waals surface area (Å²) in [5, 5.41) is 2.77. The van der Waals surface area contributed by atoms with E-state index in [1.165, 1.54) is 0 Å². The number of ether oxygens (including phenoxy) is 2. The van der Waals surface area contributed by atoms with Crippen LogP contribution in [0, 0.1) is 13.8 Å². The molecule has 0 aliphatic carbocycles. The van der Waals surface area contributed by atoms with Gasteiger partial charge in [-0.05, 0) is 56.2 Å². The molecule has 2 aromatic carbocycles. The molecule has 2 rings (SSSR count). The largest absolute Gasteiger partial charge is 0.479 e. The minimum absolute atomic E-state index is 0.360. The van der Waals surface area contributed by atoms with Crippen LogP contribution in [0.3, 0.4) is 0 Å². The first-order valence-electron chi connectivity index (χ1n) is 7.81. The van der Waals surface area contributed by atoms with Crippen LogP contribution in [0.2, 0.25) is 0 Å². The standard InChI is InChI=1S/C19H20BrNO4/c1-12-5-4-6-13(2)18(12)21-17(22)11-24-19(23)14(3)25-16-9-7-15(20)8-10-16/h4-10,14H,11H2,1-3H3,(H,21,22)/t14-/m1/s1. The van der Waals surface area contributed by atoms with Crippen molar-refractivity contribution >= 4 is 33.5 Å². The summed E-state index contributed by atoms with van der Waals surface area (Å²) < 4.78 is 11.4. The third-order valence-corrected chi connectivity index (χ3v) is 4.08. The van der Waals surface area contributed by atoms with E-state index in [0.29, 0.717) is 5.75 Å². The lowest BCUT2D eigenvalue weighted by molar-refractivity contribution is -0.153. The number of aryl methyl sites for hydroxylation is 2. The molecule has 0 bridgehead atoms. The van der Waals surface area contributed by atoms with Crippen LogP contribution < -0.4 is 10.1 Å². The van der Waals surface area contributed by atoms with Gasteiger partial charge >= 0.3 is 5.97 Å². The fourth-order valence-corrected chi connectivity index (χ4v) is 2.47. The highest BCUT2D eigenvalue weighted by atomic mass is 79.9. The number of benzene rings is 2. The van der Waals surface area contributed by atoms with Crippen molar-refractivity contribution in [2.24, 2.45) is 0 Å². The molecule has 1 N–H and O–H groups in total.